The van der Waals surface area contributed by atoms with Crippen molar-refractivity contribution in [3.8, 4) is 22.8 Å². The SMILES string of the molecule is COC[C@@H](O)CN(c1cc(OC)cc(OC)c1)c1ccc2ncc(-c3cnn(C(C)C)c3)nc2c1. The molecule has 4 aromatic rings. The number of aliphatic hydroxyl groups is 1. The van der Waals surface area contributed by atoms with Crippen LogP contribution in [0.2, 0.25) is 0 Å². The molecule has 0 radical (unpaired) electrons. The van der Waals surface area contributed by atoms with Gasteiger partial charge in [0.1, 0.15) is 11.5 Å². The number of hydrogen-bond acceptors (Lipinski definition) is 8. The van der Waals surface area contributed by atoms with Gasteiger partial charge in [-0.15, -0.1) is 0 Å². The van der Waals surface area contributed by atoms with Gasteiger partial charge in [-0.3, -0.25) is 9.67 Å². The molecule has 0 fully saturated rings. The molecule has 9 nitrogen and oxygen atoms in total. The summed E-state index contributed by atoms with van der Waals surface area (Å²) in [5, 5.41) is 15.0. The standard InChI is InChI=1S/C26H31N5O4/c1-17(2)31-14-18(12-28-31)26-13-27-24-7-6-19(10-25(24)29-26)30(15-21(32)16-33-3)20-8-22(34-4)11-23(9-20)35-5/h6-14,17,21,32H,15-16H2,1-5H3/t21-/m0/s1. The zero-order valence-corrected chi connectivity index (χ0v) is 20.7. The Bertz CT molecular complexity index is 1270. The molecule has 0 aliphatic carbocycles. The minimum absolute atomic E-state index is 0.203. The van der Waals surface area contributed by atoms with Gasteiger partial charge in [0.25, 0.3) is 0 Å². The molecule has 2 aromatic heterocycles. The van der Waals surface area contributed by atoms with Crippen LogP contribution in [0.25, 0.3) is 22.3 Å². The minimum atomic E-state index is -0.716. The monoisotopic (exact) mass is 477 g/mol. The van der Waals surface area contributed by atoms with Crippen LogP contribution >= 0.6 is 0 Å². The first-order valence-electron chi connectivity index (χ1n) is 11.4. The molecule has 0 amide bonds. The number of aromatic nitrogens is 4. The topological polar surface area (TPSA) is 94.8 Å². The average Bonchev–Trinajstić information content (AvgIpc) is 3.37. The Morgan fingerprint density at radius 1 is 0.943 bits per heavy atom. The lowest BCUT2D eigenvalue weighted by Gasteiger charge is -2.28. The van der Waals surface area contributed by atoms with Gasteiger partial charge in [0.2, 0.25) is 0 Å². The molecule has 2 aromatic carbocycles. The lowest BCUT2D eigenvalue weighted by atomic mass is 10.1. The summed E-state index contributed by atoms with van der Waals surface area (Å²) in [5.41, 5.74) is 4.80. The Hall–Kier alpha value is -3.69. The molecule has 0 saturated carbocycles. The van der Waals surface area contributed by atoms with Gasteiger partial charge in [0, 0.05) is 54.5 Å². The molecule has 0 bridgehead atoms. The number of ether oxygens (including phenoxy) is 3. The first kappa shape index (κ1) is 24.4. The van der Waals surface area contributed by atoms with Crippen LogP contribution in [0.4, 0.5) is 11.4 Å². The number of nitrogens with zero attached hydrogens (tertiary/aromatic N) is 5. The zero-order valence-electron chi connectivity index (χ0n) is 20.7. The second-order valence-electron chi connectivity index (χ2n) is 8.52. The van der Waals surface area contributed by atoms with Crippen LogP contribution in [-0.4, -0.2) is 65.4 Å². The highest BCUT2D eigenvalue weighted by Gasteiger charge is 2.18. The van der Waals surface area contributed by atoms with Gasteiger partial charge in [-0.2, -0.15) is 5.10 Å². The molecule has 1 N–H and O–H groups in total. The second kappa shape index (κ2) is 10.7. The summed E-state index contributed by atoms with van der Waals surface area (Å²) >= 11 is 0. The van der Waals surface area contributed by atoms with E-state index in [1.807, 2.05) is 52.2 Å². The molecule has 184 valence electrons. The van der Waals surface area contributed by atoms with Crippen molar-refractivity contribution in [3.05, 3.63) is 55.0 Å². The molecule has 1 atom stereocenters. The van der Waals surface area contributed by atoms with Gasteiger partial charge >= 0.3 is 0 Å². The van der Waals surface area contributed by atoms with E-state index in [4.69, 9.17) is 19.2 Å². The van der Waals surface area contributed by atoms with Crippen LogP contribution < -0.4 is 14.4 Å². The van der Waals surface area contributed by atoms with Crippen LogP contribution in [0.1, 0.15) is 19.9 Å². The Morgan fingerprint density at radius 2 is 1.69 bits per heavy atom. The van der Waals surface area contributed by atoms with Crippen LogP contribution in [0.3, 0.4) is 0 Å². The van der Waals surface area contributed by atoms with E-state index in [-0.39, 0.29) is 12.6 Å². The summed E-state index contributed by atoms with van der Waals surface area (Å²) in [7, 11) is 4.78. The van der Waals surface area contributed by atoms with Crippen LogP contribution in [0.5, 0.6) is 11.5 Å². The van der Waals surface area contributed by atoms with E-state index in [9.17, 15) is 5.11 Å². The van der Waals surface area contributed by atoms with Crippen molar-refractivity contribution in [1.29, 1.82) is 0 Å². The molecule has 0 aliphatic rings. The third-order valence-corrected chi connectivity index (χ3v) is 5.66. The summed E-state index contributed by atoms with van der Waals surface area (Å²) in [6.07, 6.45) is 4.82. The highest BCUT2D eigenvalue weighted by atomic mass is 16.5. The number of hydrogen-bond donors (Lipinski definition) is 1. The number of methoxy groups -OCH3 is 3. The molecule has 0 unspecified atom stereocenters. The van der Waals surface area contributed by atoms with Crippen molar-refractivity contribution in [2.75, 3.05) is 39.4 Å². The van der Waals surface area contributed by atoms with Crippen LogP contribution in [0.15, 0.2) is 55.0 Å². The molecular formula is C26H31N5O4. The average molecular weight is 478 g/mol. The summed E-state index contributed by atoms with van der Waals surface area (Å²) in [5.74, 6) is 1.30. The molecular weight excluding hydrogens is 446 g/mol. The van der Waals surface area contributed by atoms with Crippen molar-refractivity contribution < 1.29 is 19.3 Å². The van der Waals surface area contributed by atoms with Crippen molar-refractivity contribution in [2.45, 2.75) is 26.0 Å². The van der Waals surface area contributed by atoms with Crippen molar-refractivity contribution >= 4 is 22.4 Å². The van der Waals surface area contributed by atoms with Gasteiger partial charge in [0.05, 0.1) is 62.6 Å². The number of anilines is 2. The van der Waals surface area contributed by atoms with Gasteiger partial charge in [0.15, 0.2) is 0 Å². The lowest BCUT2D eigenvalue weighted by Crippen LogP contribution is -2.31. The van der Waals surface area contributed by atoms with E-state index in [1.54, 1.807) is 33.7 Å². The zero-order chi connectivity index (χ0) is 24.9. The minimum Gasteiger partial charge on any atom is -0.497 e. The second-order valence-corrected chi connectivity index (χ2v) is 8.52. The Labute approximate surface area is 204 Å². The van der Waals surface area contributed by atoms with E-state index in [0.29, 0.717) is 18.0 Å². The quantitative estimate of drug-likeness (QED) is 0.363. The van der Waals surface area contributed by atoms with Gasteiger partial charge in [-0.05, 0) is 32.0 Å². The fourth-order valence-corrected chi connectivity index (χ4v) is 3.82. The maximum Gasteiger partial charge on any atom is 0.124 e. The van der Waals surface area contributed by atoms with E-state index >= 15 is 0 Å². The first-order valence-corrected chi connectivity index (χ1v) is 11.4. The Kier molecular flexibility index (Phi) is 7.48. The summed E-state index contributed by atoms with van der Waals surface area (Å²) in [4.78, 5) is 11.4. The largest absolute Gasteiger partial charge is 0.497 e. The maximum absolute atomic E-state index is 10.6. The number of benzene rings is 2. The van der Waals surface area contributed by atoms with Crippen molar-refractivity contribution in [2.24, 2.45) is 0 Å². The highest BCUT2D eigenvalue weighted by Crippen LogP contribution is 2.34. The van der Waals surface area contributed by atoms with Gasteiger partial charge in [-0.25, -0.2) is 4.98 Å². The smallest absolute Gasteiger partial charge is 0.124 e. The molecule has 0 aliphatic heterocycles. The van der Waals surface area contributed by atoms with Gasteiger partial charge < -0.3 is 24.2 Å². The molecule has 0 spiro atoms. The lowest BCUT2D eigenvalue weighted by molar-refractivity contribution is 0.0702. The van der Waals surface area contributed by atoms with Crippen molar-refractivity contribution in [1.82, 2.24) is 19.7 Å². The van der Waals surface area contributed by atoms with Crippen molar-refractivity contribution in [3.63, 3.8) is 0 Å². The Balaban J connectivity index is 1.77. The van der Waals surface area contributed by atoms with E-state index in [1.165, 1.54) is 0 Å². The predicted octanol–water partition coefficient (Wildman–Crippen LogP) is 4.24. The normalized spacial score (nSPS) is 12.2. The third kappa shape index (κ3) is 5.52. The molecule has 35 heavy (non-hydrogen) atoms. The molecule has 9 heteroatoms. The Morgan fingerprint density at radius 3 is 2.31 bits per heavy atom. The third-order valence-electron chi connectivity index (χ3n) is 5.66. The summed E-state index contributed by atoms with van der Waals surface area (Å²) in [6.45, 7) is 4.66. The molecule has 0 saturated heterocycles. The number of fused-ring (bicyclic) bond motifs is 1. The fourth-order valence-electron chi connectivity index (χ4n) is 3.82. The van der Waals surface area contributed by atoms with Gasteiger partial charge in [-0.1, -0.05) is 0 Å². The van der Waals surface area contributed by atoms with Crippen LogP contribution in [-0.2, 0) is 4.74 Å². The number of aliphatic hydroxyl groups excluding tert-OH is 1. The van der Waals surface area contributed by atoms with E-state index in [0.717, 1.165) is 33.7 Å². The highest BCUT2D eigenvalue weighted by molar-refractivity contribution is 5.82. The predicted molar refractivity (Wildman–Crippen MR) is 136 cm³/mol. The summed E-state index contributed by atoms with van der Waals surface area (Å²) < 4.78 is 18.0. The maximum atomic E-state index is 10.6. The fraction of sp³-hybridized carbons (Fsp3) is 0.346. The first-order chi connectivity index (χ1) is 16.9. The number of rotatable bonds is 10. The van der Waals surface area contributed by atoms with Crippen LogP contribution in [0, 0.1) is 0 Å². The van der Waals surface area contributed by atoms with E-state index < -0.39 is 6.10 Å². The van der Waals surface area contributed by atoms with E-state index in [2.05, 4.69) is 23.9 Å². The summed E-state index contributed by atoms with van der Waals surface area (Å²) in [6, 6.07) is 11.7. The molecule has 4 rings (SSSR count). The molecule has 2 heterocycles.